The molecule has 7 heteroatoms. The number of esters is 1. The van der Waals surface area contributed by atoms with Crippen LogP contribution in [-0.2, 0) is 20.7 Å². The molecule has 0 bridgehead atoms. The molecule has 1 amide bonds. The number of ether oxygens (including phenoxy) is 1. The normalized spacial score (nSPS) is 12.0. The highest BCUT2D eigenvalue weighted by Crippen LogP contribution is 2.23. The van der Waals surface area contributed by atoms with Crippen molar-refractivity contribution in [1.29, 1.82) is 0 Å². The van der Waals surface area contributed by atoms with Crippen molar-refractivity contribution in [3.63, 3.8) is 0 Å². The number of nitrogens with one attached hydrogen (secondary N) is 1. The van der Waals surface area contributed by atoms with Crippen LogP contribution in [0.5, 0.6) is 0 Å². The van der Waals surface area contributed by atoms with E-state index in [0.717, 1.165) is 12.1 Å². The summed E-state index contributed by atoms with van der Waals surface area (Å²) in [4.78, 5) is 30.6. The van der Waals surface area contributed by atoms with Crippen molar-refractivity contribution in [2.75, 3.05) is 25.5 Å². The Morgan fingerprint density at radius 2 is 2.00 bits per heavy atom. The van der Waals surface area contributed by atoms with Gasteiger partial charge < -0.3 is 10.1 Å². The average molecular weight is 361 g/mol. The van der Waals surface area contributed by atoms with Gasteiger partial charge in [-0.25, -0.2) is 4.98 Å². The third kappa shape index (κ3) is 5.37. The van der Waals surface area contributed by atoms with Gasteiger partial charge in [-0.3, -0.25) is 14.5 Å². The van der Waals surface area contributed by atoms with Gasteiger partial charge in [-0.15, -0.1) is 11.3 Å². The van der Waals surface area contributed by atoms with Crippen molar-refractivity contribution in [3.8, 4) is 0 Å². The molecule has 0 fully saturated rings. The van der Waals surface area contributed by atoms with E-state index in [4.69, 9.17) is 4.74 Å². The Kier molecular flexibility index (Phi) is 7.09. The summed E-state index contributed by atoms with van der Waals surface area (Å²) >= 11 is 1.30. The SMILES string of the molecule is CCOC(=O)Cc1csc(NC(=O)C(c2ccccc2)N(C)CC)n1. The smallest absolute Gasteiger partial charge is 0.311 e. The van der Waals surface area contributed by atoms with Gasteiger partial charge in [0.2, 0.25) is 5.91 Å². The van der Waals surface area contributed by atoms with Crippen molar-refractivity contribution in [2.45, 2.75) is 26.3 Å². The summed E-state index contributed by atoms with van der Waals surface area (Å²) < 4.78 is 4.91. The van der Waals surface area contributed by atoms with Crippen LogP contribution in [0.1, 0.15) is 31.1 Å². The van der Waals surface area contributed by atoms with Crippen LogP contribution < -0.4 is 5.32 Å². The lowest BCUT2D eigenvalue weighted by Crippen LogP contribution is -2.34. The number of benzene rings is 1. The van der Waals surface area contributed by atoms with Crippen molar-refractivity contribution in [3.05, 3.63) is 47.0 Å². The molecular weight excluding hydrogens is 338 g/mol. The summed E-state index contributed by atoms with van der Waals surface area (Å²) in [6.45, 7) is 4.84. The summed E-state index contributed by atoms with van der Waals surface area (Å²) in [6, 6.07) is 9.23. The molecule has 0 aliphatic rings. The molecule has 1 unspecified atom stereocenters. The van der Waals surface area contributed by atoms with Crippen LogP contribution in [-0.4, -0.2) is 42.0 Å². The van der Waals surface area contributed by atoms with Gasteiger partial charge in [0.05, 0.1) is 18.7 Å². The average Bonchev–Trinajstić information content (AvgIpc) is 3.02. The summed E-state index contributed by atoms with van der Waals surface area (Å²) in [7, 11) is 1.91. The van der Waals surface area contributed by atoms with Gasteiger partial charge in [-0.1, -0.05) is 37.3 Å². The lowest BCUT2D eigenvalue weighted by Gasteiger charge is -2.25. The molecule has 25 heavy (non-hydrogen) atoms. The number of amides is 1. The number of anilines is 1. The van der Waals surface area contributed by atoms with Crippen LogP contribution >= 0.6 is 11.3 Å². The van der Waals surface area contributed by atoms with E-state index in [-0.39, 0.29) is 18.3 Å². The maximum Gasteiger partial charge on any atom is 0.311 e. The van der Waals surface area contributed by atoms with Gasteiger partial charge in [0.15, 0.2) is 5.13 Å². The van der Waals surface area contributed by atoms with Crippen LogP contribution in [0.2, 0.25) is 0 Å². The van der Waals surface area contributed by atoms with E-state index in [1.165, 1.54) is 11.3 Å². The summed E-state index contributed by atoms with van der Waals surface area (Å²) in [5, 5.41) is 5.09. The number of nitrogens with zero attached hydrogens (tertiary/aromatic N) is 2. The fourth-order valence-electron chi connectivity index (χ4n) is 2.40. The molecule has 0 saturated heterocycles. The predicted octanol–water partition coefficient (Wildman–Crippen LogP) is 2.88. The second-order valence-corrected chi connectivity index (χ2v) is 6.36. The molecule has 0 spiro atoms. The maximum absolute atomic E-state index is 12.8. The highest BCUT2D eigenvalue weighted by atomic mass is 32.1. The van der Waals surface area contributed by atoms with E-state index in [1.807, 2.05) is 49.2 Å². The number of likely N-dealkylation sites (N-methyl/N-ethyl adjacent to an activating group) is 1. The zero-order valence-electron chi connectivity index (χ0n) is 14.7. The van der Waals surface area contributed by atoms with Crippen molar-refractivity contribution in [2.24, 2.45) is 0 Å². The highest BCUT2D eigenvalue weighted by molar-refractivity contribution is 7.13. The first kappa shape index (κ1) is 19.1. The molecular formula is C18H23N3O3S. The molecule has 2 aromatic rings. The van der Waals surface area contributed by atoms with Gasteiger partial charge in [-0.05, 0) is 26.1 Å². The van der Waals surface area contributed by atoms with E-state index < -0.39 is 6.04 Å². The molecule has 2 rings (SSSR count). The first-order valence-electron chi connectivity index (χ1n) is 8.21. The summed E-state index contributed by atoms with van der Waals surface area (Å²) in [6.07, 6.45) is 0.108. The number of carbonyl (C=O) groups is 2. The minimum absolute atomic E-state index is 0.108. The fourth-order valence-corrected chi connectivity index (χ4v) is 3.12. The number of thiazole rings is 1. The molecule has 1 atom stereocenters. The van der Waals surface area contributed by atoms with Crippen molar-refractivity contribution < 1.29 is 14.3 Å². The quantitative estimate of drug-likeness (QED) is 0.732. The Labute approximate surface area is 151 Å². The molecule has 6 nitrogen and oxygen atoms in total. The number of rotatable bonds is 8. The molecule has 0 radical (unpaired) electrons. The predicted molar refractivity (Wildman–Crippen MR) is 98.6 cm³/mol. The number of hydrogen-bond donors (Lipinski definition) is 1. The van der Waals surface area contributed by atoms with Gasteiger partial charge in [0, 0.05) is 5.38 Å². The number of hydrogen-bond acceptors (Lipinski definition) is 6. The van der Waals surface area contributed by atoms with Crippen LogP contribution in [0.4, 0.5) is 5.13 Å². The minimum atomic E-state index is -0.399. The first-order chi connectivity index (χ1) is 12.0. The third-order valence-corrected chi connectivity index (χ3v) is 4.52. The third-order valence-electron chi connectivity index (χ3n) is 3.72. The van der Waals surface area contributed by atoms with E-state index in [9.17, 15) is 9.59 Å². The molecule has 1 N–H and O–H groups in total. The minimum Gasteiger partial charge on any atom is -0.466 e. The molecule has 134 valence electrons. The molecule has 0 aliphatic carbocycles. The topological polar surface area (TPSA) is 71.5 Å². The lowest BCUT2D eigenvalue weighted by molar-refractivity contribution is -0.142. The largest absolute Gasteiger partial charge is 0.466 e. The Balaban J connectivity index is 2.08. The van der Waals surface area contributed by atoms with Crippen LogP contribution in [0.3, 0.4) is 0 Å². The maximum atomic E-state index is 12.8. The van der Waals surface area contributed by atoms with E-state index >= 15 is 0 Å². The van der Waals surface area contributed by atoms with Gasteiger partial charge in [0.25, 0.3) is 0 Å². The van der Waals surface area contributed by atoms with Crippen LogP contribution in [0.15, 0.2) is 35.7 Å². The fraction of sp³-hybridized carbons (Fsp3) is 0.389. The lowest BCUT2D eigenvalue weighted by atomic mass is 10.1. The monoisotopic (exact) mass is 361 g/mol. The molecule has 0 aliphatic heterocycles. The molecule has 1 heterocycles. The first-order valence-corrected chi connectivity index (χ1v) is 9.09. The van der Waals surface area contributed by atoms with Crippen molar-refractivity contribution in [1.82, 2.24) is 9.88 Å². The zero-order chi connectivity index (χ0) is 18.2. The highest BCUT2D eigenvalue weighted by Gasteiger charge is 2.25. The summed E-state index contributed by atoms with van der Waals surface area (Å²) in [5.74, 6) is -0.467. The van der Waals surface area contributed by atoms with Gasteiger partial charge >= 0.3 is 5.97 Å². The van der Waals surface area contributed by atoms with E-state index in [0.29, 0.717) is 17.4 Å². The van der Waals surface area contributed by atoms with Crippen LogP contribution in [0.25, 0.3) is 0 Å². The van der Waals surface area contributed by atoms with Gasteiger partial charge in [0.1, 0.15) is 6.04 Å². The second-order valence-electron chi connectivity index (χ2n) is 5.50. The van der Waals surface area contributed by atoms with Gasteiger partial charge in [-0.2, -0.15) is 0 Å². The van der Waals surface area contributed by atoms with E-state index in [1.54, 1.807) is 12.3 Å². The van der Waals surface area contributed by atoms with Crippen molar-refractivity contribution >= 4 is 28.3 Å². The Morgan fingerprint density at radius 3 is 2.64 bits per heavy atom. The molecule has 0 saturated carbocycles. The summed E-state index contributed by atoms with van der Waals surface area (Å²) in [5.41, 5.74) is 1.52. The Morgan fingerprint density at radius 1 is 1.28 bits per heavy atom. The second kappa shape index (κ2) is 9.29. The zero-order valence-corrected chi connectivity index (χ0v) is 15.5. The molecule has 1 aromatic heterocycles. The Bertz CT molecular complexity index is 703. The number of aromatic nitrogens is 1. The number of carbonyl (C=O) groups excluding carboxylic acids is 2. The standard InChI is InChI=1S/C18H23N3O3S/c1-4-21(3)16(13-9-7-6-8-10-13)17(23)20-18-19-14(12-25-18)11-15(22)24-5-2/h6-10,12,16H,4-5,11H2,1-3H3,(H,19,20,23). The molecule has 1 aromatic carbocycles. The van der Waals surface area contributed by atoms with E-state index in [2.05, 4.69) is 10.3 Å². The van der Waals surface area contributed by atoms with Crippen LogP contribution in [0, 0.1) is 0 Å². The Hall–Kier alpha value is -2.25.